The van der Waals surface area contributed by atoms with Gasteiger partial charge in [-0.1, -0.05) is 130 Å². The molecule has 0 aliphatic heterocycles. The molecule has 29 heteroatoms. The van der Waals surface area contributed by atoms with Crippen LogP contribution in [-0.4, -0.2) is 93.7 Å². The van der Waals surface area contributed by atoms with Crippen LogP contribution in [0.25, 0.3) is 88.5 Å². The molecule has 0 atom stereocenters. The van der Waals surface area contributed by atoms with Gasteiger partial charge in [-0.2, -0.15) is 4.99 Å². The van der Waals surface area contributed by atoms with Gasteiger partial charge in [0.1, 0.15) is 58.0 Å². The number of aromatic nitrogens is 7. The number of benzene rings is 11. The van der Waals surface area contributed by atoms with E-state index in [9.17, 15) is 66.6 Å². The largest absolute Gasteiger partial charge is 0.494 e. The van der Waals surface area contributed by atoms with E-state index in [2.05, 4.69) is 70.4 Å². The van der Waals surface area contributed by atoms with Crippen LogP contribution in [-0.2, 0) is 4.79 Å². The second-order valence-corrected chi connectivity index (χ2v) is 29.5. The number of unbranched alkanes of at least 4 members (excludes halogenated alkanes) is 2. The van der Waals surface area contributed by atoms with E-state index in [4.69, 9.17) is 15.2 Å². The topological polar surface area (TPSA) is 371 Å². The van der Waals surface area contributed by atoms with E-state index in [1.807, 2.05) is 48.7 Å². The number of aromatic amines is 4. The van der Waals surface area contributed by atoms with Gasteiger partial charge in [0.25, 0.3) is 11.4 Å². The Kier molecular flexibility index (Phi) is 31.0. The van der Waals surface area contributed by atoms with Gasteiger partial charge in [-0.3, -0.25) is 39.4 Å². The summed E-state index contributed by atoms with van der Waals surface area (Å²) in [7, 11) is 0. The molecule has 8 N–H and O–H groups in total. The normalized spacial score (nSPS) is 10.5. The molecule has 0 aliphatic rings. The van der Waals surface area contributed by atoms with Crippen LogP contribution in [0.1, 0.15) is 97.7 Å². The van der Waals surface area contributed by atoms with Crippen molar-refractivity contribution in [1.29, 1.82) is 0 Å². The van der Waals surface area contributed by atoms with Crippen molar-refractivity contribution in [2.24, 2.45) is 4.99 Å². The number of urea groups is 1. The predicted octanol–water partition coefficient (Wildman–Crippen LogP) is 24.3. The highest BCUT2D eigenvalue weighted by Crippen LogP contribution is 2.33. The van der Waals surface area contributed by atoms with Crippen LogP contribution >= 0.6 is 0 Å². The maximum absolute atomic E-state index is 13.4. The minimum absolute atomic E-state index is 0.0606. The van der Waals surface area contributed by atoms with Crippen molar-refractivity contribution < 1.29 is 65.6 Å². The van der Waals surface area contributed by atoms with E-state index in [-0.39, 0.29) is 57.6 Å². The number of aldehydes is 1. The number of nitrogens with zero attached hydrogens (tertiary/aromatic N) is 6. The van der Waals surface area contributed by atoms with Gasteiger partial charge in [0.15, 0.2) is 17.3 Å². The zero-order valence-corrected chi connectivity index (χ0v) is 70.7. The second kappa shape index (κ2) is 44.4. The predicted molar refractivity (Wildman–Crippen MR) is 501 cm³/mol. The van der Waals surface area contributed by atoms with E-state index >= 15 is 0 Å². The number of fused-ring (bicyclic) bond motifs is 4. The number of rotatable bonds is 24. The minimum Gasteiger partial charge on any atom is -0.494 e. The maximum atomic E-state index is 13.4. The highest BCUT2D eigenvalue weighted by Gasteiger charge is 2.22. The van der Waals surface area contributed by atoms with E-state index < -0.39 is 15.9 Å². The molecule has 0 radical (unpaired) electrons. The van der Waals surface area contributed by atoms with Gasteiger partial charge in [-0.05, 0) is 204 Å². The molecule has 0 saturated carbocycles. The number of nitro groups is 2. The first-order valence-corrected chi connectivity index (χ1v) is 41.3. The van der Waals surface area contributed by atoms with Crippen LogP contribution < -0.4 is 25.8 Å². The summed E-state index contributed by atoms with van der Waals surface area (Å²) >= 11 is 0. The number of nitrogen functional groups attached to an aromatic ring is 1. The number of pyridine rings is 3. The van der Waals surface area contributed by atoms with E-state index in [1.54, 1.807) is 171 Å². The fourth-order valence-electron chi connectivity index (χ4n) is 13.5. The first kappa shape index (κ1) is 92.0. The van der Waals surface area contributed by atoms with E-state index in [0.29, 0.717) is 102 Å². The van der Waals surface area contributed by atoms with Gasteiger partial charge in [-0.15, -0.1) is 0 Å². The van der Waals surface area contributed by atoms with Crippen LogP contribution in [0.2, 0.25) is 0 Å². The fraction of sp³-hybridized carbons (Fsp3) is 0.0777. The number of nitro benzene ring substituents is 2. The van der Waals surface area contributed by atoms with Crippen molar-refractivity contribution >= 4 is 114 Å². The highest BCUT2D eigenvalue weighted by atomic mass is 19.1. The molecular weight excluding hydrogens is 1690 g/mol. The van der Waals surface area contributed by atoms with Crippen molar-refractivity contribution in [1.82, 2.24) is 34.9 Å². The first-order valence-electron chi connectivity index (χ1n) is 41.3. The number of aliphatic imine (C=N–C) groups is 1. The molecule has 0 fully saturated rings. The average molecular weight is 1770 g/mol. The summed E-state index contributed by atoms with van der Waals surface area (Å²) in [4.78, 5) is 121. The minimum atomic E-state index is -0.541. The molecule has 658 valence electrons. The number of carbonyl (C=O) groups is 5. The molecule has 0 spiro atoms. The molecule has 11 aromatic carbocycles. The molecule has 0 unspecified atom stereocenters. The number of hydrogen-bond donors (Lipinski definition) is 7. The quantitative estimate of drug-likeness (QED) is 0.00340. The Labute approximate surface area is 751 Å². The molecule has 18 aromatic rings. The molecule has 18 rings (SSSR count). The molecular formula is C103H81F4N13O12. The van der Waals surface area contributed by atoms with Gasteiger partial charge in [-0.25, -0.2) is 42.1 Å². The Morgan fingerprint density at radius 3 is 1.28 bits per heavy atom. The smallest absolute Gasteiger partial charge is 0.323 e. The first-order chi connectivity index (χ1) is 64.1. The SMILES string of the molecule is CCCCOc1ccc(N=C=O)cc1.CCCCOc1ccc(NC(=O)Nc2cccc(C(=O)c3c[nH]c4ncc(-c5ccc(F)cc5)cc34)c2)cc1.Fc1ccc(-c2ccc3[nH]ccc3c2)cc1.Nc1cccc(C(=O)c2c[nH]c3ncc(-c4ccc(F)cc4)cc23)c1.O=C(c1cccc([N+](=O)[O-])c1)c1c[nH]c2ncc(-c3ccc(F)cc3)cc12.O=Cc1cccc([N+](=O)[O-])c1. The number of anilines is 3. The van der Waals surface area contributed by atoms with Gasteiger partial charge < -0.3 is 45.8 Å². The number of hydrogen-bond acceptors (Lipinski definition) is 17. The Morgan fingerprint density at radius 1 is 0.439 bits per heavy atom. The number of non-ortho nitro benzene ring substituents is 2. The summed E-state index contributed by atoms with van der Waals surface area (Å²) in [5.74, 6) is -0.292. The Morgan fingerprint density at radius 2 is 0.841 bits per heavy atom. The van der Waals surface area contributed by atoms with Crippen molar-refractivity contribution in [3.63, 3.8) is 0 Å². The number of carbonyl (C=O) groups excluding carboxylic acids is 6. The van der Waals surface area contributed by atoms with Gasteiger partial charge in [0.2, 0.25) is 6.08 Å². The number of nitrogens with two attached hydrogens (primary N) is 1. The monoisotopic (exact) mass is 1770 g/mol. The third-order valence-corrected chi connectivity index (χ3v) is 20.3. The maximum Gasteiger partial charge on any atom is 0.323 e. The molecule has 25 nitrogen and oxygen atoms in total. The summed E-state index contributed by atoms with van der Waals surface area (Å²) < 4.78 is 63.5. The van der Waals surface area contributed by atoms with Crippen molar-refractivity contribution in [2.75, 3.05) is 29.6 Å². The van der Waals surface area contributed by atoms with E-state index in [0.717, 1.165) is 93.8 Å². The number of H-pyrrole nitrogens is 4. The Bertz CT molecular complexity index is 7190. The third kappa shape index (κ3) is 24.5. The number of isocyanates is 1. The summed E-state index contributed by atoms with van der Waals surface area (Å²) in [6, 6.07) is 77.1. The van der Waals surface area contributed by atoms with Crippen LogP contribution in [0, 0.1) is 43.5 Å². The summed E-state index contributed by atoms with van der Waals surface area (Å²) in [6.07, 6.45) is 18.0. The number of ether oxygens (including phenoxy) is 2. The van der Waals surface area contributed by atoms with E-state index in [1.165, 1.54) is 115 Å². The van der Waals surface area contributed by atoms with Crippen molar-refractivity contribution in [2.45, 2.75) is 39.5 Å². The lowest BCUT2D eigenvalue weighted by Crippen LogP contribution is -2.19. The molecule has 132 heavy (non-hydrogen) atoms. The van der Waals surface area contributed by atoms with Crippen LogP contribution in [0.4, 0.5) is 56.5 Å². The number of halogens is 4. The molecule has 7 heterocycles. The van der Waals surface area contributed by atoms with Crippen LogP contribution in [0.15, 0.2) is 333 Å². The van der Waals surface area contributed by atoms with Crippen LogP contribution in [0.5, 0.6) is 11.5 Å². The number of ketones is 3. The molecule has 0 aliphatic carbocycles. The molecule has 0 bridgehead atoms. The fourth-order valence-corrected chi connectivity index (χ4v) is 13.5. The third-order valence-electron chi connectivity index (χ3n) is 20.3. The zero-order valence-electron chi connectivity index (χ0n) is 70.7. The van der Waals surface area contributed by atoms with Crippen molar-refractivity contribution in [3.05, 3.63) is 411 Å². The lowest BCUT2D eigenvalue weighted by Gasteiger charge is -2.10. The second-order valence-electron chi connectivity index (χ2n) is 29.5. The number of amides is 2. The van der Waals surface area contributed by atoms with Gasteiger partial charge >= 0.3 is 6.03 Å². The van der Waals surface area contributed by atoms with Gasteiger partial charge in [0, 0.05) is 162 Å². The number of nitrogens with one attached hydrogen (secondary N) is 6. The summed E-state index contributed by atoms with van der Waals surface area (Å²) in [5, 5.41) is 29.8. The molecule has 7 aromatic heterocycles. The standard InChI is InChI=1S/C31H27FN4O3.C20H12FN3O3.C20H14FN3O.C14H10FN.C11H13NO2.C7H5NO3/c1-2-3-15-39-26-13-11-24(12-14-26)35-31(38)36-25-6-4-5-21(16-25)29(37)28-19-34-30-27(28)17-22(18-33-30)20-7-9-23(32)10-8-20;21-15-6-4-12(5-7-15)14-9-17-18(11-23-20(17)22-10-14)19(25)13-2-1-3-16(8-13)24(26)27;21-15-6-4-12(5-7-15)14-9-17-18(11-24-20(17)23-10-14)19(25)13-2-1-3-16(22)8-13;15-13-4-1-10(2-5-13)11-3-6-14-12(9-11)7-8-16-14;1-2-3-8-14-11-6-4-10(5-7-11)12-9-13;9-5-6-2-1-3-7(4-6)8(10)11/h4-14,16-19H,2-3,15H2,1H3,(H,33,34)(H2,35,36,38);1-11H,(H,22,23);1-11H,22H2,(H,23,24);1-9,16H;4-7H,2-3,8H2,1H3;1-5H. The van der Waals surface area contributed by atoms with Gasteiger partial charge in [0.05, 0.1) is 28.7 Å². The average Bonchev–Trinajstić information content (AvgIpc) is 1.64. The summed E-state index contributed by atoms with van der Waals surface area (Å²) in [6.45, 7) is 5.61. The molecule has 0 saturated heterocycles. The highest BCUT2D eigenvalue weighted by molar-refractivity contribution is 6.19. The Hall–Kier alpha value is -17.7. The lowest BCUT2D eigenvalue weighted by molar-refractivity contribution is -0.385. The zero-order chi connectivity index (χ0) is 93.0. The van der Waals surface area contributed by atoms with Crippen molar-refractivity contribution in [3.8, 4) is 56.0 Å². The Balaban J connectivity index is 0.000000141. The molecule has 2 amide bonds. The van der Waals surface area contributed by atoms with Crippen LogP contribution in [0.3, 0.4) is 0 Å². The lowest BCUT2D eigenvalue weighted by atomic mass is 10.0. The summed E-state index contributed by atoms with van der Waals surface area (Å²) in [5.41, 5.74) is 20.3.